The van der Waals surface area contributed by atoms with Crippen LogP contribution in [0.15, 0.2) is 72.0 Å². The second-order valence-electron chi connectivity index (χ2n) is 8.05. The highest BCUT2D eigenvalue weighted by Gasteiger charge is 2.14. The van der Waals surface area contributed by atoms with Crippen LogP contribution in [0.2, 0.25) is 0 Å². The smallest absolute Gasteiger partial charge is 0.191 e. The SMILES string of the molecule is CN=C(NCc1ccccc1Cn1cccn1)NC(C)c1cccc(N2CCCC2)c1.I. The number of nitrogens with zero attached hydrogens (tertiary/aromatic N) is 4. The van der Waals surface area contributed by atoms with Gasteiger partial charge in [-0.25, -0.2) is 0 Å². The van der Waals surface area contributed by atoms with Gasteiger partial charge in [-0.2, -0.15) is 5.10 Å². The molecule has 1 atom stereocenters. The molecule has 0 spiro atoms. The summed E-state index contributed by atoms with van der Waals surface area (Å²) in [5.74, 6) is 0.799. The summed E-state index contributed by atoms with van der Waals surface area (Å²) in [6.07, 6.45) is 6.38. The first kappa shape index (κ1) is 24.1. The minimum atomic E-state index is 0. The van der Waals surface area contributed by atoms with Gasteiger partial charge in [-0.1, -0.05) is 36.4 Å². The van der Waals surface area contributed by atoms with Crippen LogP contribution in [0.4, 0.5) is 5.69 Å². The van der Waals surface area contributed by atoms with E-state index in [2.05, 4.69) is 81.1 Å². The number of aliphatic imine (C=N–C) groups is 1. The Labute approximate surface area is 208 Å². The monoisotopic (exact) mass is 544 g/mol. The molecule has 1 fully saturated rings. The lowest BCUT2D eigenvalue weighted by molar-refractivity contribution is 0.669. The van der Waals surface area contributed by atoms with Gasteiger partial charge in [0.25, 0.3) is 0 Å². The van der Waals surface area contributed by atoms with Crippen molar-refractivity contribution in [3.05, 3.63) is 83.7 Å². The molecule has 0 radical (unpaired) electrons. The van der Waals surface area contributed by atoms with Crippen molar-refractivity contribution in [1.82, 2.24) is 20.4 Å². The Kier molecular flexibility index (Phi) is 8.96. The van der Waals surface area contributed by atoms with Crippen LogP contribution in [0.1, 0.15) is 42.5 Å². The van der Waals surface area contributed by atoms with Crippen molar-refractivity contribution in [2.45, 2.75) is 38.9 Å². The number of hydrogen-bond acceptors (Lipinski definition) is 3. The van der Waals surface area contributed by atoms with Gasteiger partial charge in [-0.3, -0.25) is 9.67 Å². The van der Waals surface area contributed by atoms with Crippen LogP contribution in [0.25, 0.3) is 0 Å². The summed E-state index contributed by atoms with van der Waals surface area (Å²) >= 11 is 0. The zero-order valence-electron chi connectivity index (χ0n) is 18.9. The molecule has 0 bridgehead atoms. The summed E-state index contributed by atoms with van der Waals surface area (Å²) < 4.78 is 1.95. The van der Waals surface area contributed by atoms with E-state index in [9.17, 15) is 0 Å². The molecule has 0 aliphatic carbocycles. The molecule has 32 heavy (non-hydrogen) atoms. The molecule has 0 amide bonds. The van der Waals surface area contributed by atoms with Crippen molar-refractivity contribution in [3.8, 4) is 0 Å². The molecule has 6 nitrogen and oxygen atoms in total. The molecular formula is C25H33IN6. The number of nitrogens with one attached hydrogen (secondary N) is 2. The van der Waals surface area contributed by atoms with E-state index >= 15 is 0 Å². The Morgan fingerprint density at radius 2 is 1.84 bits per heavy atom. The third-order valence-corrected chi connectivity index (χ3v) is 5.87. The van der Waals surface area contributed by atoms with E-state index < -0.39 is 0 Å². The first-order valence-electron chi connectivity index (χ1n) is 11.1. The summed E-state index contributed by atoms with van der Waals surface area (Å²) in [5.41, 5.74) is 5.08. The fourth-order valence-electron chi connectivity index (χ4n) is 4.08. The van der Waals surface area contributed by atoms with Gasteiger partial charge in [0, 0.05) is 44.8 Å². The number of rotatable bonds is 7. The fraction of sp³-hybridized carbons (Fsp3) is 0.360. The normalized spacial score (nSPS) is 14.7. The quantitative estimate of drug-likeness (QED) is 0.260. The van der Waals surface area contributed by atoms with E-state index in [0.717, 1.165) is 25.6 Å². The highest BCUT2D eigenvalue weighted by molar-refractivity contribution is 14.0. The molecule has 1 aromatic heterocycles. The standard InChI is InChI=1S/C25H32N6.HI/c1-20(21-11-7-12-24(17-21)30-14-5-6-15-30)29-25(26-2)27-18-22-9-3-4-10-23(22)19-31-16-8-13-28-31;/h3-4,7-13,16-17,20H,5-6,14-15,18-19H2,1-2H3,(H2,26,27,29);1H. The molecular weight excluding hydrogens is 511 g/mol. The molecule has 170 valence electrons. The van der Waals surface area contributed by atoms with Gasteiger partial charge in [0.2, 0.25) is 0 Å². The van der Waals surface area contributed by atoms with Crippen LogP contribution in [0.3, 0.4) is 0 Å². The molecule has 1 saturated heterocycles. The third kappa shape index (κ3) is 6.25. The zero-order valence-corrected chi connectivity index (χ0v) is 21.2. The predicted octanol–water partition coefficient (Wildman–Crippen LogP) is 4.58. The van der Waals surface area contributed by atoms with Gasteiger partial charge in [0.15, 0.2) is 5.96 Å². The van der Waals surface area contributed by atoms with E-state index in [1.54, 1.807) is 0 Å². The second-order valence-corrected chi connectivity index (χ2v) is 8.05. The number of anilines is 1. The number of hydrogen-bond donors (Lipinski definition) is 2. The molecule has 1 aliphatic rings. The Bertz CT molecular complexity index is 995. The average molecular weight is 544 g/mol. The first-order chi connectivity index (χ1) is 15.2. The molecule has 3 aromatic rings. The first-order valence-corrected chi connectivity index (χ1v) is 11.1. The molecule has 2 aromatic carbocycles. The largest absolute Gasteiger partial charge is 0.372 e. The molecule has 2 heterocycles. The van der Waals surface area contributed by atoms with Crippen molar-refractivity contribution < 1.29 is 0 Å². The summed E-state index contributed by atoms with van der Waals surface area (Å²) in [6, 6.07) is 19.4. The maximum Gasteiger partial charge on any atom is 0.191 e. The highest BCUT2D eigenvalue weighted by atomic mass is 127. The maximum atomic E-state index is 4.44. The van der Waals surface area contributed by atoms with Crippen LogP contribution < -0.4 is 15.5 Å². The van der Waals surface area contributed by atoms with Crippen LogP contribution in [0, 0.1) is 0 Å². The lowest BCUT2D eigenvalue weighted by Crippen LogP contribution is -2.38. The van der Waals surface area contributed by atoms with Crippen LogP contribution in [-0.4, -0.2) is 35.9 Å². The van der Waals surface area contributed by atoms with E-state index in [4.69, 9.17) is 0 Å². The molecule has 7 heteroatoms. The third-order valence-electron chi connectivity index (χ3n) is 5.87. The van der Waals surface area contributed by atoms with Gasteiger partial charge in [0.1, 0.15) is 0 Å². The van der Waals surface area contributed by atoms with Gasteiger partial charge >= 0.3 is 0 Å². The van der Waals surface area contributed by atoms with Crippen molar-refractivity contribution in [1.29, 1.82) is 0 Å². The fourth-order valence-corrected chi connectivity index (χ4v) is 4.08. The lowest BCUT2D eigenvalue weighted by Gasteiger charge is -2.22. The summed E-state index contributed by atoms with van der Waals surface area (Å²) in [7, 11) is 1.82. The predicted molar refractivity (Wildman–Crippen MR) is 143 cm³/mol. The van der Waals surface area contributed by atoms with E-state index in [1.165, 1.54) is 35.2 Å². The Balaban J connectivity index is 0.00000289. The number of guanidine groups is 1. The van der Waals surface area contributed by atoms with Gasteiger partial charge < -0.3 is 15.5 Å². The Morgan fingerprint density at radius 1 is 1.06 bits per heavy atom. The zero-order chi connectivity index (χ0) is 21.5. The Morgan fingerprint density at radius 3 is 2.56 bits per heavy atom. The molecule has 2 N–H and O–H groups in total. The molecule has 4 rings (SSSR count). The summed E-state index contributed by atoms with van der Waals surface area (Å²) in [6.45, 7) is 5.97. The van der Waals surface area contributed by atoms with Crippen LogP contribution >= 0.6 is 24.0 Å². The summed E-state index contributed by atoms with van der Waals surface area (Å²) in [5, 5.41) is 11.3. The van der Waals surface area contributed by atoms with Crippen molar-refractivity contribution >= 4 is 35.6 Å². The highest BCUT2D eigenvalue weighted by Crippen LogP contribution is 2.24. The van der Waals surface area contributed by atoms with Crippen LogP contribution in [-0.2, 0) is 13.1 Å². The van der Waals surface area contributed by atoms with Crippen molar-refractivity contribution in [3.63, 3.8) is 0 Å². The molecule has 1 aliphatic heterocycles. The molecule has 0 saturated carbocycles. The average Bonchev–Trinajstić information content (AvgIpc) is 3.52. The minimum absolute atomic E-state index is 0. The van der Waals surface area contributed by atoms with Gasteiger partial charge in [-0.15, -0.1) is 24.0 Å². The minimum Gasteiger partial charge on any atom is -0.372 e. The van der Waals surface area contributed by atoms with E-state index in [0.29, 0.717) is 6.54 Å². The van der Waals surface area contributed by atoms with Crippen molar-refractivity contribution in [2.75, 3.05) is 25.0 Å². The van der Waals surface area contributed by atoms with Gasteiger partial charge in [-0.05, 0) is 54.7 Å². The topological polar surface area (TPSA) is 57.5 Å². The second kappa shape index (κ2) is 11.9. The molecule has 1 unspecified atom stereocenters. The van der Waals surface area contributed by atoms with Crippen LogP contribution in [0.5, 0.6) is 0 Å². The van der Waals surface area contributed by atoms with Crippen molar-refractivity contribution in [2.24, 2.45) is 4.99 Å². The maximum absolute atomic E-state index is 4.44. The summed E-state index contributed by atoms with van der Waals surface area (Å²) in [4.78, 5) is 6.91. The number of aromatic nitrogens is 2. The number of benzene rings is 2. The lowest BCUT2D eigenvalue weighted by atomic mass is 10.1. The van der Waals surface area contributed by atoms with E-state index in [1.807, 2.05) is 30.2 Å². The number of halogens is 1. The van der Waals surface area contributed by atoms with E-state index in [-0.39, 0.29) is 30.0 Å². The Hall–Kier alpha value is -2.55. The van der Waals surface area contributed by atoms with Gasteiger partial charge in [0.05, 0.1) is 12.6 Å².